The molecule has 3 aromatic rings. The van der Waals surface area contributed by atoms with E-state index in [0.717, 1.165) is 16.7 Å². The van der Waals surface area contributed by atoms with E-state index in [1.165, 1.54) is 0 Å². The molecule has 1 N–H and O–H groups in total. The fraction of sp³-hybridized carbons (Fsp3) is 0.192. The predicted molar refractivity (Wildman–Crippen MR) is 118 cm³/mol. The molecular formula is C26H27NO2. The van der Waals surface area contributed by atoms with Gasteiger partial charge in [0.25, 0.3) is 0 Å². The summed E-state index contributed by atoms with van der Waals surface area (Å²) in [5.41, 5.74) is 3.31. The van der Waals surface area contributed by atoms with Crippen molar-refractivity contribution in [3.63, 3.8) is 0 Å². The van der Waals surface area contributed by atoms with Crippen LogP contribution in [0.15, 0.2) is 97.1 Å². The Morgan fingerprint density at radius 3 is 2.10 bits per heavy atom. The Hall–Kier alpha value is -3.17. The maximum Gasteiger partial charge on any atom is 0.323 e. The Kier molecular flexibility index (Phi) is 7.79. The van der Waals surface area contributed by atoms with Gasteiger partial charge in [0.05, 0.1) is 12.6 Å². The summed E-state index contributed by atoms with van der Waals surface area (Å²) < 4.78 is 5.35. The lowest BCUT2D eigenvalue weighted by molar-refractivity contribution is -0.145. The first-order valence-corrected chi connectivity index (χ1v) is 10.0. The third kappa shape index (κ3) is 6.44. The highest BCUT2D eigenvalue weighted by atomic mass is 16.5. The molecule has 0 aliphatic rings. The molecule has 1 unspecified atom stereocenters. The molecule has 0 saturated heterocycles. The number of ether oxygens (including phenoxy) is 1. The van der Waals surface area contributed by atoms with Crippen molar-refractivity contribution in [2.75, 3.05) is 6.61 Å². The average Bonchev–Trinajstić information content (AvgIpc) is 2.78. The molecule has 3 rings (SSSR count). The van der Waals surface area contributed by atoms with Crippen LogP contribution in [0.1, 0.15) is 29.7 Å². The van der Waals surface area contributed by atoms with Crippen LogP contribution < -0.4 is 5.32 Å². The highest BCUT2D eigenvalue weighted by Crippen LogP contribution is 2.18. The van der Waals surface area contributed by atoms with Gasteiger partial charge in [0, 0.05) is 0 Å². The summed E-state index contributed by atoms with van der Waals surface area (Å²) in [6, 6.07) is 29.8. The Labute approximate surface area is 173 Å². The molecule has 0 heterocycles. The number of hydrogen-bond donors (Lipinski definition) is 1. The van der Waals surface area contributed by atoms with Gasteiger partial charge in [-0.15, -0.1) is 0 Å². The van der Waals surface area contributed by atoms with Gasteiger partial charge < -0.3 is 4.74 Å². The number of rotatable bonds is 9. The number of esters is 1. The molecule has 3 aromatic carbocycles. The van der Waals surface area contributed by atoms with Gasteiger partial charge in [-0.05, 0) is 30.0 Å². The maximum atomic E-state index is 12.7. The lowest BCUT2D eigenvalue weighted by Gasteiger charge is -2.23. The van der Waals surface area contributed by atoms with Gasteiger partial charge in [-0.1, -0.05) is 103 Å². The smallest absolute Gasteiger partial charge is 0.323 e. The summed E-state index contributed by atoms with van der Waals surface area (Å²) in [5.74, 6) is -0.231. The first kappa shape index (κ1) is 20.6. The van der Waals surface area contributed by atoms with Crippen molar-refractivity contribution < 1.29 is 9.53 Å². The Bertz CT molecular complexity index is 892. The van der Waals surface area contributed by atoms with Crippen molar-refractivity contribution in [2.24, 2.45) is 0 Å². The van der Waals surface area contributed by atoms with E-state index in [1.54, 1.807) is 0 Å². The largest absolute Gasteiger partial charge is 0.465 e. The molecule has 0 aromatic heterocycles. The van der Waals surface area contributed by atoms with E-state index in [0.29, 0.717) is 13.0 Å². The van der Waals surface area contributed by atoms with Crippen molar-refractivity contribution in [3.8, 4) is 0 Å². The maximum absolute atomic E-state index is 12.7. The van der Waals surface area contributed by atoms with Gasteiger partial charge in [0.2, 0.25) is 0 Å². The van der Waals surface area contributed by atoms with Crippen molar-refractivity contribution in [2.45, 2.75) is 25.4 Å². The minimum Gasteiger partial charge on any atom is -0.465 e. The van der Waals surface area contributed by atoms with Crippen LogP contribution >= 0.6 is 0 Å². The monoisotopic (exact) mass is 385 g/mol. The van der Waals surface area contributed by atoms with Gasteiger partial charge in [-0.3, -0.25) is 10.1 Å². The van der Waals surface area contributed by atoms with Gasteiger partial charge >= 0.3 is 5.97 Å². The summed E-state index contributed by atoms with van der Waals surface area (Å²) in [6.07, 6.45) is 4.75. The minimum absolute atomic E-state index is 0.116. The molecule has 0 saturated carbocycles. The third-order valence-corrected chi connectivity index (χ3v) is 4.67. The molecule has 3 nitrogen and oxygen atoms in total. The Balaban J connectivity index is 1.85. The van der Waals surface area contributed by atoms with Gasteiger partial charge in [-0.25, -0.2) is 0 Å². The molecule has 148 valence electrons. The molecule has 0 aliphatic carbocycles. The summed E-state index contributed by atoms with van der Waals surface area (Å²) in [5, 5.41) is 3.51. The lowest BCUT2D eigenvalue weighted by atomic mass is 10.0. The van der Waals surface area contributed by atoms with Crippen LogP contribution in [0, 0.1) is 0 Å². The van der Waals surface area contributed by atoms with Gasteiger partial charge in [0.1, 0.15) is 6.04 Å². The van der Waals surface area contributed by atoms with E-state index >= 15 is 0 Å². The van der Waals surface area contributed by atoms with Crippen LogP contribution in [0.2, 0.25) is 0 Å². The lowest BCUT2D eigenvalue weighted by Crippen LogP contribution is -2.41. The zero-order valence-electron chi connectivity index (χ0n) is 16.7. The highest BCUT2D eigenvalue weighted by molar-refractivity contribution is 5.76. The van der Waals surface area contributed by atoms with Crippen LogP contribution in [0.3, 0.4) is 0 Å². The van der Waals surface area contributed by atoms with Crippen LogP contribution in [0.4, 0.5) is 0 Å². The second-order valence-electron chi connectivity index (χ2n) is 6.82. The van der Waals surface area contributed by atoms with E-state index < -0.39 is 6.04 Å². The van der Waals surface area contributed by atoms with E-state index in [1.807, 2.05) is 73.7 Å². The normalized spacial score (nSPS) is 13.1. The minimum atomic E-state index is -0.442. The number of carbonyl (C=O) groups is 1. The standard InChI is InChI=1S/C26H27NO2/c1-2-29-26(28)25(20-22-14-8-4-9-15-22)27-24(23-16-10-5-11-17-23)19-18-21-12-6-3-7-13-21/h3-19,24-25,27H,2,20H2,1H3/b19-18+/t24?,25-/m0/s1. The first-order valence-electron chi connectivity index (χ1n) is 10.0. The zero-order valence-corrected chi connectivity index (χ0v) is 16.7. The number of hydrogen-bond acceptors (Lipinski definition) is 3. The van der Waals surface area contributed by atoms with Crippen molar-refractivity contribution in [1.29, 1.82) is 0 Å². The molecule has 0 aliphatic heterocycles. The quantitative estimate of drug-likeness (QED) is 0.514. The Morgan fingerprint density at radius 1 is 0.897 bits per heavy atom. The first-order chi connectivity index (χ1) is 14.3. The number of benzene rings is 3. The molecular weight excluding hydrogens is 358 g/mol. The van der Waals surface area contributed by atoms with E-state index in [-0.39, 0.29) is 12.0 Å². The van der Waals surface area contributed by atoms with Crippen molar-refractivity contribution >= 4 is 12.0 Å². The van der Waals surface area contributed by atoms with E-state index in [2.05, 4.69) is 41.7 Å². The fourth-order valence-electron chi connectivity index (χ4n) is 3.21. The van der Waals surface area contributed by atoms with Crippen LogP contribution in [0.25, 0.3) is 6.08 Å². The van der Waals surface area contributed by atoms with Crippen LogP contribution in [-0.2, 0) is 16.0 Å². The fourth-order valence-corrected chi connectivity index (χ4v) is 3.21. The van der Waals surface area contributed by atoms with Gasteiger partial charge in [-0.2, -0.15) is 0 Å². The van der Waals surface area contributed by atoms with Crippen molar-refractivity contribution in [3.05, 3.63) is 114 Å². The second-order valence-corrected chi connectivity index (χ2v) is 6.82. The number of nitrogens with one attached hydrogen (secondary N) is 1. The van der Waals surface area contributed by atoms with E-state index in [4.69, 9.17) is 4.74 Å². The summed E-state index contributed by atoms with van der Waals surface area (Å²) in [7, 11) is 0. The van der Waals surface area contributed by atoms with Crippen LogP contribution in [0.5, 0.6) is 0 Å². The third-order valence-electron chi connectivity index (χ3n) is 4.67. The van der Waals surface area contributed by atoms with Crippen LogP contribution in [-0.4, -0.2) is 18.6 Å². The molecule has 0 bridgehead atoms. The topological polar surface area (TPSA) is 38.3 Å². The zero-order chi connectivity index (χ0) is 20.3. The molecule has 0 amide bonds. The van der Waals surface area contributed by atoms with Crippen molar-refractivity contribution in [1.82, 2.24) is 5.32 Å². The SMILES string of the molecule is CCOC(=O)[C@H](Cc1ccccc1)NC(/C=C/c1ccccc1)c1ccccc1. The summed E-state index contributed by atoms with van der Waals surface area (Å²) in [6.45, 7) is 2.20. The summed E-state index contributed by atoms with van der Waals surface area (Å²) in [4.78, 5) is 12.7. The molecule has 0 radical (unpaired) electrons. The number of carbonyl (C=O) groups excluding carboxylic acids is 1. The molecule has 29 heavy (non-hydrogen) atoms. The second kappa shape index (κ2) is 11.0. The highest BCUT2D eigenvalue weighted by Gasteiger charge is 2.23. The predicted octanol–water partition coefficient (Wildman–Crippen LogP) is 5.21. The Morgan fingerprint density at radius 2 is 1.48 bits per heavy atom. The van der Waals surface area contributed by atoms with E-state index in [9.17, 15) is 4.79 Å². The summed E-state index contributed by atoms with van der Waals surface area (Å²) >= 11 is 0. The van der Waals surface area contributed by atoms with Gasteiger partial charge in [0.15, 0.2) is 0 Å². The molecule has 0 spiro atoms. The molecule has 2 atom stereocenters. The average molecular weight is 386 g/mol. The molecule has 3 heteroatoms. The molecule has 0 fully saturated rings.